The maximum atomic E-state index is 6.16. The van der Waals surface area contributed by atoms with Crippen LogP contribution in [-0.4, -0.2) is 13.1 Å². The standard InChI is InChI=1S/C27H36NO/c1-19(2)18-26(3,4)12-13-27(5,6)23-11-16-29-25-21-10-8-15-28-14-7-9-20(24(21)28)17-22(23)25/h11-13,16-18H,7-10,14-15H2,1-6H3/q+1/b13-12+. The molecule has 3 aliphatic heterocycles. The van der Waals surface area contributed by atoms with Gasteiger partial charge in [-0.2, -0.15) is 0 Å². The third-order valence-electron chi connectivity index (χ3n) is 6.47. The van der Waals surface area contributed by atoms with Crippen molar-refractivity contribution < 1.29 is 4.74 Å². The molecule has 3 aliphatic rings. The van der Waals surface area contributed by atoms with Crippen LogP contribution in [-0.2, 0) is 12.8 Å². The van der Waals surface area contributed by atoms with Gasteiger partial charge < -0.3 is 4.74 Å². The van der Waals surface area contributed by atoms with E-state index in [2.05, 4.69) is 76.5 Å². The molecule has 0 bridgehead atoms. The molecule has 0 atom stereocenters. The normalized spacial score (nSPS) is 18.4. The van der Waals surface area contributed by atoms with E-state index in [1.807, 2.05) is 6.26 Å². The van der Waals surface area contributed by atoms with Crippen molar-refractivity contribution in [1.82, 2.24) is 4.58 Å². The number of nitrogens with zero attached hydrogens (tertiary/aromatic N) is 1. The Morgan fingerprint density at radius 1 is 1.03 bits per heavy atom. The number of ether oxygens (including phenoxy) is 1. The first-order valence-corrected chi connectivity index (χ1v) is 11.2. The molecule has 1 aromatic rings. The summed E-state index contributed by atoms with van der Waals surface area (Å²) in [4.78, 5) is 0. The van der Waals surface area contributed by atoms with Gasteiger partial charge in [0.1, 0.15) is 18.8 Å². The van der Waals surface area contributed by atoms with Gasteiger partial charge in [0.2, 0.25) is 5.36 Å². The van der Waals surface area contributed by atoms with Crippen LogP contribution < -0.4 is 19.9 Å². The van der Waals surface area contributed by atoms with Crippen LogP contribution in [0, 0.1) is 10.8 Å². The number of aryl methyl sites for hydroxylation is 1. The van der Waals surface area contributed by atoms with Crippen molar-refractivity contribution in [3.05, 3.63) is 63.9 Å². The highest BCUT2D eigenvalue weighted by atomic mass is 16.5. The molecule has 3 heterocycles. The third kappa shape index (κ3) is 3.86. The molecule has 0 radical (unpaired) electrons. The maximum Gasteiger partial charge on any atom is 0.210 e. The van der Waals surface area contributed by atoms with Crippen molar-refractivity contribution in [2.24, 2.45) is 10.8 Å². The van der Waals surface area contributed by atoms with E-state index in [1.54, 1.807) is 0 Å². The van der Waals surface area contributed by atoms with E-state index < -0.39 is 0 Å². The van der Waals surface area contributed by atoms with E-state index in [1.165, 1.54) is 65.2 Å². The first-order valence-electron chi connectivity index (χ1n) is 11.2. The van der Waals surface area contributed by atoms with Crippen LogP contribution in [0.5, 0.6) is 5.75 Å². The van der Waals surface area contributed by atoms with Gasteiger partial charge in [-0.05, 0) is 44.4 Å². The van der Waals surface area contributed by atoms with E-state index in [9.17, 15) is 0 Å². The second-order valence-corrected chi connectivity index (χ2v) is 10.4. The summed E-state index contributed by atoms with van der Waals surface area (Å²) in [6, 6.07) is 2.43. The minimum atomic E-state index is -0.0637. The van der Waals surface area contributed by atoms with Crippen LogP contribution in [0.25, 0.3) is 5.57 Å². The van der Waals surface area contributed by atoms with Gasteiger partial charge in [0, 0.05) is 34.5 Å². The fourth-order valence-corrected chi connectivity index (χ4v) is 5.29. The number of hydrogen-bond donors (Lipinski definition) is 0. The Morgan fingerprint density at radius 3 is 2.48 bits per heavy atom. The van der Waals surface area contributed by atoms with Crippen LogP contribution in [0.1, 0.15) is 65.5 Å². The monoisotopic (exact) mass is 390 g/mol. The van der Waals surface area contributed by atoms with Crippen LogP contribution >= 0.6 is 0 Å². The van der Waals surface area contributed by atoms with Gasteiger partial charge in [-0.15, -0.1) is 0 Å². The van der Waals surface area contributed by atoms with Gasteiger partial charge in [-0.25, -0.2) is 4.58 Å². The molecule has 0 N–H and O–H groups in total. The van der Waals surface area contributed by atoms with E-state index >= 15 is 0 Å². The molecule has 1 aromatic carbocycles. The lowest BCUT2D eigenvalue weighted by molar-refractivity contribution is 0.435. The Morgan fingerprint density at radius 2 is 1.76 bits per heavy atom. The number of rotatable bonds is 4. The molecule has 0 aliphatic carbocycles. The SMILES string of the molecule is CC(C)=CC(C)(C)/C=C/C(C)(C)C1=c2cc3c4c(c2OC=C1)CCC[N+]=4CCC3. The highest BCUT2D eigenvalue weighted by molar-refractivity contribution is 5.68. The average Bonchev–Trinajstić information content (AvgIpc) is 2.66. The lowest BCUT2D eigenvalue weighted by atomic mass is 9.78. The van der Waals surface area contributed by atoms with E-state index in [-0.39, 0.29) is 10.8 Å². The Labute approximate surface area is 176 Å². The molecule has 2 nitrogen and oxygen atoms in total. The van der Waals surface area contributed by atoms with Crippen molar-refractivity contribution in [1.29, 1.82) is 0 Å². The van der Waals surface area contributed by atoms with Gasteiger partial charge in [0.25, 0.3) is 0 Å². The second kappa shape index (κ2) is 7.31. The third-order valence-corrected chi connectivity index (χ3v) is 6.47. The predicted octanol–water partition coefficient (Wildman–Crippen LogP) is 4.70. The van der Waals surface area contributed by atoms with Gasteiger partial charge >= 0.3 is 0 Å². The summed E-state index contributed by atoms with van der Waals surface area (Å²) >= 11 is 0. The summed E-state index contributed by atoms with van der Waals surface area (Å²) in [5.74, 6) is 1.11. The molecule has 2 heteroatoms. The Balaban J connectivity index is 1.88. The quantitative estimate of drug-likeness (QED) is 0.536. The largest absolute Gasteiger partial charge is 0.464 e. The molecular formula is C27H36NO+. The van der Waals surface area contributed by atoms with Crippen LogP contribution in [0.3, 0.4) is 0 Å². The van der Waals surface area contributed by atoms with Crippen LogP contribution in [0.2, 0.25) is 0 Å². The number of hydrogen-bond acceptors (Lipinski definition) is 1. The molecule has 154 valence electrons. The molecule has 0 aromatic heterocycles. The number of allylic oxidation sites excluding steroid dienone is 5. The fraction of sp³-hybridized carbons (Fsp3) is 0.519. The summed E-state index contributed by atoms with van der Waals surface area (Å²) in [6.45, 7) is 15.9. The van der Waals surface area contributed by atoms with E-state index in [0.29, 0.717) is 0 Å². The minimum absolute atomic E-state index is 0.0523. The zero-order chi connectivity index (χ0) is 20.8. The molecule has 0 fully saturated rings. The zero-order valence-corrected chi connectivity index (χ0v) is 19.1. The molecule has 0 saturated heterocycles. The molecule has 0 saturated carbocycles. The fourth-order valence-electron chi connectivity index (χ4n) is 5.29. The number of benzene rings is 1. The summed E-state index contributed by atoms with van der Waals surface area (Å²) in [7, 11) is 0. The maximum absolute atomic E-state index is 6.16. The highest BCUT2D eigenvalue weighted by Crippen LogP contribution is 2.35. The average molecular weight is 391 g/mol. The van der Waals surface area contributed by atoms with Crippen molar-refractivity contribution >= 4 is 5.57 Å². The summed E-state index contributed by atoms with van der Waals surface area (Å²) in [5.41, 5.74) is 5.67. The van der Waals surface area contributed by atoms with Crippen molar-refractivity contribution in [3.8, 4) is 5.75 Å². The van der Waals surface area contributed by atoms with Crippen molar-refractivity contribution in [2.45, 2.75) is 67.2 Å². The van der Waals surface area contributed by atoms with Gasteiger partial charge in [0.15, 0.2) is 0 Å². The Kier molecular flexibility index (Phi) is 5.09. The Bertz CT molecular complexity index is 1040. The second-order valence-electron chi connectivity index (χ2n) is 10.4. The topological polar surface area (TPSA) is 12.2 Å². The molecule has 0 spiro atoms. The van der Waals surface area contributed by atoms with E-state index in [4.69, 9.17) is 4.74 Å². The smallest absolute Gasteiger partial charge is 0.210 e. The lowest BCUT2D eigenvalue weighted by Crippen LogP contribution is -2.45. The van der Waals surface area contributed by atoms with Crippen molar-refractivity contribution in [3.63, 3.8) is 0 Å². The van der Waals surface area contributed by atoms with Gasteiger partial charge in [-0.3, -0.25) is 0 Å². The van der Waals surface area contributed by atoms with Gasteiger partial charge in [-0.1, -0.05) is 51.5 Å². The lowest BCUT2D eigenvalue weighted by Gasteiger charge is -2.29. The van der Waals surface area contributed by atoms with Crippen molar-refractivity contribution in [2.75, 3.05) is 13.1 Å². The predicted molar refractivity (Wildman–Crippen MR) is 123 cm³/mol. The zero-order valence-electron chi connectivity index (χ0n) is 19.1. The molecular weight excluding hydrogens is 354 g/mol. The molecule has 0 unspecified atom stereocenters. The number of fused-ring (bicyclic) bond motifs is 2. The van der Waals surface area contributed by atoms with Gasteiger partial charge in [0.05, 0.1) is 11.8 Å². The summed E-state index contributed by atoms with van der Waals surface area (Å²) < 4.78 is 8.75. The van der Waals surface area contributed by atoms with Crippen LogP contribution in [0.15, 0.2) is 42.2 Å². The molecule has 4 rings (SSSR count). The minimum Gasteiger partial charge on any atom is -0.464 e. The summed E-state index contributed by atoms with van der Waals surface area (Å²) in [5, 5.41) is 2.79. The highest BCUT2D eigenvalue weighted by Gasteiger charge is 2.30. The molecule has 0 amide bonds. The Hall–Kier alpha value is -2.09. The van der Waals surface area contributed by atoms with E-state index in [0.717, 1.165) is 12.2 Å². The van der Waals surface area contributed by atoms with Crippen LogP contribution in [0.4, 0.5) is 0 Å². The molecule has 29 heavy (non-hydrogen) atoms. The first kappa shape index (κ1) is 20.2. The first-order chi connectivity index (χ1) is 13.7. The summed E-state index contributed by atoms with van der Waals surface area (Å²) in [6.07, 6.45) is 16.0.